The van der Waals surface area contributed by atoms with Gasteiger partial charge >= 0.3 is 0 Å². The molecule has 0 saturated carbocycles. The van der Waals surface area contributed by atoms with Gasteiger partial charge in [0, 0.05) is 12.1 Å². The van der Waals surface area contributed by atoms with Crippen LogP contribution in [-0.2, 0) is 16.0 Å². The van der Waals surface area contributed by atoms with Crippen molar-refractivity contribution in [3.63, 3.8) is 0 Å². The van der Waals surface area contributed by atoms with E-state index in [2.05, 4.69) is 33.8 Å². The lowest BCUT2D eigenvalue weighted by atomic mass is 10.1. The van der Waals surface area contributed by atoms with Gasteiger partial charge in [0.1, 0.15) is 6.33 Å². The van der Waals surface area contributed by atoms with Crippen molar-refractivity contribution in [2.75, 3.05) is 11.1 Å². The van der Waals surface area contributed by atoms with Crippen LogP contribution in [0, 0.1) is 0 Å². The number of carbonyl (C=O) groups excluding carboxylic acids is 2. The quantitative estimate of drug-likeness (QED) is 0.491. The molecule has 0 spiro atoms. The van der Waals surface area contributed by atoms with Gasteiger partial charge in [-0.25, -0.2) is 0 Å². The van der Waals surface area contributed by atoms with E-state index in [4.69, 9.17) is 0 Å². The molecule has 8 heteroatoms. The number of thioether (sulfide) groups is 1. The Bertz CT molecular complexity index is 1030. The van der Waals surface area contributed by atoms with Crippen molar-refractivity contribution in [1.29, 1.82) is 0 Å². The van der Waals surface area contributed by atoms with Gasteiger partial charge in [-0.3, -0.25) is 14.2 Å². The first-order valence-corrected chi connectivity index (χ1v) is 11.3. The minimum absolute atomic E-state index is 0.0273. The summed E-state index contributed by atoms with van der Waals surface area (Å²) in [6.45, 7) is 5.85. The van der Waals surface area contributed by atoms with Crippen LogP contribution in [0.15, 0.2) is 60.0 Å². The van der Waals surface area contributed by atoms with Gasteiger partial charge in [0.05, 0.1) is 17.5 Å². The predicted molar refractivity (Wildman–Crippen MR) is 123 cm³/mol. The highest BCUT2D eigenvalue weighted by Crippen LogP contribution is 2.23. The van der Waals surface area contributed by atoms with Gasteiger partial charge in [0.15, 0.2) is 5.16 Å². The second-order valence-corrected chi connectivity index (χ2v) is 8.01. The van der Waals surface area contributed by atoms with E-state index in [1.165, 1.54) is 17.3 Å². The van der Waals surface area contributed by atoms with Gasteiger partial charge in [-0.15, -0.1) is 10.2 Å². The number of aromatic nitrogens is 3. The van der Waals surface area contributed by atoms with Crippen molar-refractivity contribution >= 4 is 29.3 Å². The summed E-state index contributed by atoms with van der Waals surface area (Å²) in [5.74, 6) is 0.127. The largest absolute Gasteiger partial charge is 0.349 e. The van der Waals surface area contributed by atoms with Gasteiger partial charge in [-0.05, 0) is 42.7 Å². The summed E-state index contributed by atoms with van der Waals surface area (Å²) in [5.41, 5.74) is 3.94. The molecule has 1 unspecified atom stereocenters. The average Bonchev–Trinajstić information content (AvgIpc) is 3.26. The molecule has 0 saturated heterocycles. The fraction of sp³-hybridized carbons (Fsp3) is 0.304. The van der Waals surface area contributed by atoms with Crippen molar-refractivity contribution in [2.45, 2.75) is 44.8 Å². The molecule has 1 atom stereocenters. The molecule has 3 aromatic rings. The Morgan fingerprint density at radius 1 is 1.06 bits per heavy atom. The molecule has 0 aliphatic heterocycles. The highest BCUT2D eigenvalue weighted by molar-refractivity contribution is 7.99. The number of benzene rings is 2. The van der Waals surface area contributed by atoms with Crippen LogP contribution < -0.4 is 10.6 Å². The van der Waals surface area contributed by atoms with Crippen molar-refractivity contribution in [2.24, 2.45) is 0 Å². The Kier molecular flexibility index (Phi) is 7.83. The molecule has 0 bridgehead atoms. The lowest BCUT2D eigenvalue weighted by Gasteiger charge is -2.15. The number of para-hydroxylation sites is 1. The molecule has 0 fully saturated rings. The number of aryl methyl sites for hydroxylation is 1. The summed E-state index contributed by atoms with van der Waals surface area (Å²) in [6, 6.07) is 15.4. The maximum absolute atomic E-state index is 12.5. The van der Waals surface area contributed by atoms with Crippen LogP contribution in [0.1, 0.15) is 44.4 Å². The fourth-order valence-corrected chi connectivity index (χ4v) is 3.87. The lowest BCUT2D eigenvalue weighted by molar-refractivity contribution is -0.119. The Hall–Kier alpha value is -3.13. The van der Waals surface area contributed by atoms with E-state index >= 15 is 0 Å². The highest BCUT2D eigenvalue weighted by Gasteiger charge is 2.14. The maximum atomic E-state index is 12.5. The van der Waals surface area contributed by atoms with E-state index in [9.17, 15) is 9.59 Å². The van der Waals surface area contributed by atoms with Crippen LogP contribution in [0.4, 0.5) is 5.69 Å². The van der Waals surface area contributed by atoms with Crippen molar-refractivity contribution in [1.82, 2.24) is 20.1 Å². The first-order valence-electron chi connectivity index (χ1n) is 10.3. The van der Waals surface area contributed by atoms with Crippen molar-refractivity contribution in [3.8, 4) is 5.69 Å². The summed E-state index contributed by atoms with van der Waals surface area (Å²) in [5, 5.41) is 14.7. The van der Waals surface area contributed by atoms with Crippen molar-refractivity contribution < 1.29 is 9.59 Å². The van der Waals surface area contributed by atoms with E-state index < -0.39 is 0 Å². The first kappa shape index (κ1) is 22.6. The number of carbonyl (C=O) groups is 2. The number of hydrogen-bond acceptors (Lipinski definition) is 5. The third-order valence-electron chi connectivity index (χ3n) is 4.87. The molecule has 7 nitrogen and oxygen atoms in total. The zero-order valence-corrected chi connectivity index (χ0v) is 18.8. The Morgan fingerprint density at radius 3 is 2.52 bits per heavy atom. The molecule has 2 aromatic carbocycles. The molecule has 1 aromatic heterocycles. The van der Waals surface area contributed by atoms with Crippen molar-refractivity contribution in [3.05, 3.63) is 66.0 Å². The standard InChI is InChI=1S/C23H27N5O2S/c1-4-17-8-6-7-9-20(17)28-15-24-27-23(28)31-14-22(30)25-16(3)18-10-12-19(13-11-18)26-21(29)5-2/h6-13,15-16H,4-5,14H2,1-3H3,(H,25,30)(H,26,29). The second-order valence-electron chi connectivity index (χ2n) is 7.07. The smallest absolute Gasteiger partial charge is 0.230 e. The molecular formula is C23H27N5O2S. The number of nitrogens with one attached hydrogen (secondary N) is 2. The van der Waals surface area contributed by atoms with Crippen LogP contribution in [0.2, 0.25) is 0 Å². The summed E-state index contributed by atoms with van der Waals surface area (Å²) in [6.07, 6.45) is 3.01. The van der Waals surface area contributed by atoms with Crippen LogP contribution in [0.25, 0.3) is 5.69 Å². The highest BCUT2D eigenvalue weighted by atomic mass is 32.2. The van der Waals surface area contributed by atoms with E-state index in [-0.39, 0.29) is 23.6 Å². The predicted octanol–water partition coefficient (Wildman–Crippen LogP) is 4.15. The molecule has 31 heavy (non-hydrogen) atoms. The first-order chi connectivity index (χ1) is 15.0. The number of rotatable bonds is 9. The molecule has 0 radical (unpaired) electrons. The summed E-state index contributed by atoms with van der Waals surface area (Å²) in [7, 11) is 0. The summed E-state index contributed by atoms with van der Waals surface area (Å²) < 4.78 is 1.92. The molecular weight excluding hydrogens is 410 g/mol. The van der Waals surface area contributed by atoms with E-state index in [0.29, 0.717) is 11.6 Å². The Balaban J connectivity index is 1.57. The molecule has 3 rings (SSSR count). The van der Waals surface area contributed by atoms with Gasteiger partial charge in [0.25, 0.3) is 0 Å². The van der Waals surface area contributed by atoms with Crippen LogP contribution in [0.5, 0.6) is 0 Å². The normalized spacial score (nSPS) is 11.7. The molecule has 0 aliphatic carbocycles. The van der Waals surface area contributed by atoms with Gasteiger partial charge in [-0.2, -0.15) is 0 Å². The Morgan fingerprint density at radius 2 is 1.81 bits per heavy atom. The lowest BCUT2D eigenvalue weighted by Crippen LogP contribution is -2.28. The number of amides is 2. The SMILES string of the molecule is CCC(=O)Nc1ccc(C(C)NC(=O)CSc2nncn2-c2ccccc2CC)cc1. The topological polar surface area (TPSA) is 88.9 Å². The number of anilines is 1. The van der Waals surface area contributed by atoms with Crippen LogP contribution in [-0.4, -0.2) is 32.3 Å². The van der Waals surface area contributed by atoms with E-state index in [0.717, 1.165) is 23.4 Å². The van der Waals surface area contributed by atoms with Gasteiger partial charge < -0.3 is 10.6 Å². The molecule has 0 aliphatic rings. The number of nitrogens with zero attached hydrogens (tertiary/aromatic N) is 3. The van der Waals surface area contributed by atoms with Crippen LogP contribution >= 0.6 is 11.8 Å². The molecule has 162 valence electrons. The van der Waals surface area contributed by atoms with Gasteiger partial charge in [0.2, 0.25) is 11.8 Å². The van der Waals surface area contributed by atoms with Gasteiger partial charge in [-0.1, -0.05) is 55.9 Å². The Labute approximate surface area is 186 Å². The minimum Gasteiger partial charge on any atom is -0.349 e. The third-order valence-corrected chi connectivity index (χ3v) is 5.82. The average molecular weight is 438 g/mol. The molecule has 1 heterocycles. The number of hydrogen-bond donors (Lipinski definition) is 2. The molecule has 2 N–H and O–H groups in total. The monoisotopic (exact) mass is 437 g/mol. The zero-order valence-electron chi connectivity index (χ0n) is 18.0. The fourth-order valence-electron chi connectivity index (χ4n) is 3.13. The minimum atomic E-state index is -0.150. The van der Waals surface area contributed by atoms with Crippen LogP contribution in [0.3, 0.4) is 0 Å². The summed E-state index contributed by atoms with van der Waals surface area (Å²) in [4.78, 5) is 24.0. The summed E-state index contributed by atoms with van der Waals surface area (Å²) >= 11 is 1.35. The maximum Gasteiger partial charge on any atom is 0.230 e. The zero-order chi connectivity index (χ0) is 22.2. The third kappa shape index (κ3) is 5.95. The van der Waals surface area contributed by atoms with E-state index in [1.54, 1.807) is 6.33 Å². The van der Waals surface area contributed by atoms with E-state index in [1.807, 2.05) is 60.9 Å². The molecule has 2 amide bonds. The second kappa shape index (κ2) is 10.8.